The van der Waals surface area contributed by atoms with Gasteiger partial charge < -0.3 is 10.4 Å². The molecule has 5 nitrogen and oxygen atoms in total. The molecule has 0 saturated heterocycles. The zero-order chi connectivity index (χ0) is 21.1. The van der Waals surface area contributed by atoms with Crippen molar-refractivity contribution in [3.63, 3.8) is 0 Å². The van der Waals surface area contributed by atoms with Gasteiger partial charge in [-0.05, 0) is 73.0 Å². The molecule has 4 rings (SSSR count). The van der Waals surface area contributed by atoms with Crippen LogP contribution >= 0.6 is 23.1 Å². The molecular weight excluding hydrogens is 414 g/mol. The highest BCUT2D eigenvalue weighted by Crippen LogP contribution is 2.39. The summed E-state index contributed by atoms with van der Waals surface area (Å²) >= 11 is 3.19. The minimum absolute atomic E-state index is 0.0641. The van der Waals surface area contributed by atoms with E-state index >= 15 is 0 Å². The summed E-state index contributed by atoms with van der Waals surface area (Å²) in [5.41, 5.74) is 4.85. The molecule has 2 amide bonds. The number of carbonyl (C=O) groups excluding carboxylic acids is 1. The predicted molar refractivity (Wildman–Crippen MR) is 125 cm³/mol. The number of nitrogens with zero attached hydrogens (tertiary/aromatic N) is 1. The number of rotatable bonds is 5. The van der Waals surface area contributed by atoms with Crippen molar-refractivity contribution < 1.29 is 9.90 Å². The summed E-state index contributed by atoms with van der Waals surface area (Å²) in [7, 11) is 0. The van der Waals surface area contributed by atoms with Crippen LogP contribution in [0, 0.1) is 13.8 Å². The van der Waals surface area contributed by atoms with E-state index in [0.717, 1.165) is 30.6 Å². The average molecular weight is 436 g/mol. The van der Waals surface area contributed by atoms with Gasteiger partial charge >= 0.3 is 6.03 Å². The number of thiophene rings is 1. The number of urea groups is 1. The standard InChI is InChI=1S/C23H21N3O2S2/c1-14-10-18-19(11-15(14)2)24-9-8-20(18)29-22-7-6-21(30-22)26-23(28)25-17-5-3-4-16(12-17)13-27/h3-12,27H,13H2,1-2H3,(H2,25,26,28). The van der Waals surface area contributed by atoms with Crippen LogP contribution in [-0.2, 0) is 6.61 Å². The molecule has 0 radical (unpaired) electrons. The van der Waals surface area contributed by atoms with Crippen LogP contribution in [0.1, 0.15) is 16.7 Å². The normalized spacial score (nSPS) is 10.9. The molecule has 0 saturated carbocycles. The largest absolute Gasteiger partial charge is 0.392 e. The molecule has 0 atom stereocenters. The highest BCUT2D eigenvalue weighted by atomic mass is 32.2. The topological polar surface area (TPSA) is 74.2 Å². The molecule has 4 aromatic rings. The van der Waals surface area contributed by atoms with E-state index in [0.29, 0.717) is 5.69 Å². The monoisotopic (exact) mass is 435 g/mol. The number of hydrogen-bond donors (Lipinski definition) is 3. The van der Waals surface area contributed by atoms with Crippen LogP contribution in [-0.4, -0.2) is 16.1 Å². The lowest BCUT2D eigenvalue weighted by Gasteiger charge is -2.08. The molecule has 2 heterocycles. The quantitative estimate of drug-likeness (QED) is 0.349. The molecule has 0 aliphatic carbocycles. The van der Waals surface area contributed by atoms with Crippen LogP contribution in [0.25, 0.3) is 10.9 Å². The Balaban J connectivity index is 1.46. The third kappa shape index (κ3) is 4.64. The predicted octanol–water partition coefficient (Wildman–Crippen LogP) is 6.20. The van der Waals surface area contributed by atoms with Gasteiger partial charge in [0.1, 0.15) is 0 Å². The van der Waals surface area contributed by atoms with Gasteiger partial charge in [0.2, 0.25) is 0 Å². The average Bonchev–Trinajstić information content (AvgIpc) is 3.16. The van der Waals surface area contributed by atoms with E-state index in [-0.39, 0.29) is 12.6 Å². The number of fused-ring (bicyclic) bond motifs is 1. The SMILES string of the molecule is Cc1cc2nccc(Sc3ccc(NC(=O)Nc4cccc(CO)c4)s3)c2cc1C. The number of pyridine rings is 1. The van der Waals surface area contributed by atoms with Crippen LogP contribution in [0.2, 0.25) is 0 Å². The number of nitrogens with one attached hydrogen (secondary N) is 2. The summed E-state index contributed by atoms with van der Waals surface area (Å²) in [6, 6.07) is 17.0. The number of aliphatic hydroxyl groups excluding tert-OH is 1. The lowest BCUT2D eigenvalue weighted by Crippen LogP contribution is -2.18. The maximum atomic E-state index is 12.3. The molecule has 0 bridgehead atoms. The fourth-order valence-corrected chi connectivity index (χ4v) is 5.13. The van der Waals surface area contributed by atoms with E-state index in [1.807, 2.05) is 24.4 Å². The van der Waals surface area contributed by atoms with E-state index in [4.69, 9.17) is 0 Å². The summed E-state index contributed by atoms with van der Waals surface area (Å²) in [4.78, 5) is 17.9. The molecule has 152 valence electrons. The van der Waals surface area contributed by atoms with Gasteiger partial charge in [0.05, 0.1) is 21.3 Å². The fourth-order valence-electron chi connectivity index (χ4n) is 3.04. The zero-order valence-corrected chi connectivity index (χ0v) is 18.2. The maximum Gasteiger partial charge on any atom is 0.324 e. The van der Waals surface area contributed by atoms with Crippen molar-refractivity contribution in [2.75, 3.05) is 10.6 Å². The molecule has 0 unspecified atom stereocenters. The molecular formula is C23H21N3O2S2. The van der Waals surface area contributed by atoms with Gasteiger partial charge in [-0.25, -0.2) is 4.79 Å². The second-order valence-corrected chi connectivity index (χ2v) is 9.35. The van der Waals surface area contributed by atoms with Crippen molar-refractivity contribution in [2.24, 2.45) is 0 Å². The Hall–Kier alpha value is -2.87. The summed E-state index contributed by atoms with van der Waals surface area (Å²) < 4.78 is 1.08. The van der Waals surface area contributed by atoms with Gasteiger partial charge in [0.15, 0.2) is 0 Å². The molecule has 30 heavy (non-hydrogen) atoms. The molecule has 3 N–H and O–H groups in total. The third-order valence-electron chi connectivity index (χ3n) is 4.71. The first-order valence-corrected chi connectivity index (χ1v) is 11.1. The number of aromatic nitrogens is 1. The van der Waals surface area contributed by atoms with Crippen LogP contribution < -0.4 is 10.6 Å². The lowest BCUT2D eigenvalue weighted by molar-refractivity contribution is 0.262. The summed E-state index contributed by atoms with van der Waals surface area (Å²) in [5, 5.41) is 16.8. The van der Waals surface area contributed by atoms with Crippen molar-refractivity contribution in [3.05, 3.63) is 77.5 Å². The Morgan fingerprint density at radius 3 is 2.73 bits per heavy atom. The van der Waals surface area contributed by atoms with E-state index in [9.17, 15) is 9.90 Å². The highest BCUT2D eigenvalue weighted by molar-refractivity contribution is 8.01. The number of anilines is 2. The van der Waals surface area contributed by atoms with Crippen molar-refractivity contribution in [1.29, 1.82) is 0 Å². The summed E-state index contributed by atoms with van der Waals surface area (Å²) in [6.45, 7) is 4.14. The van der Waals surface area contributed by atoms with Gasteiger partial charge in [-0.1, -0.05) is 23.9 Å². The van der Waals surface area contributed by atoms with E-state index in [2.05, 4.69) is 41.6 Å². The van der Waals surface area contributed by atoms with Gasteiger partial charge in [0, 0.05) is 22.2 Å². The van der Waals surface area contributed by atoms with Crippen LogP contribution in [0.3, 0.4) is 0 Å². The molecule has 0 spiro atoms. The molecule has 0 aliphatic rings. The third-order valence-corrected chi connectivity index (χ3v) is 6.92. The Morgan fingerprint density at radius 2 is 1.90 bits per heavy atom. The molecule has 2 aromatic carbocycles. The first-order chi connectivity index (χ1) is 14.5. The van der Waals surface area contributed by atoms with Gasteiger partial charge in [-0.3, -0.25) is 10.3 Å². The maximum absolute atomic E-state index is 12.3. The fraction of sp³-hybridized carbons (Fsp3) is 0.130. The van der Waals surface area contributed by atoms with Gasteiger partial charge in [0.25, 0.3) is 0 Å². The number of benzene rings is 2. The summed E-state index contributed by atoms with van der Waals surface area (Å²) in [5.74, 6) is 0. The summed E-state index contributed by atoms with van der Waals surface area (Å²) in [6.07, 6.45) is 1.83. The van der Waals surface area contributed by atoms with E-state index < -0.39 is 0 Å². The minimum atomic E-state index is -0.316. The number of amides is 2. The molecule has 0 fully saturated rings. The minimum Gasteiger partial charge on any atom is -0.392 e. The Morgan fingerprint density at radius 1 is 1.07 bits per heavy atom. The van der Waals surface area contributed by atoms with E-state index in [1.54, 1.807) is 36.0 Å². The second-order valence-electron chi connectivity index (χ2n) is 6.92. The number of hydrogen-bond acceptors (Lipinski definition) is 5. The van der Waals surface area contributed by atoms with Gasteiger partial charge in [-0.2, -0.15) is 0 Å². The van der Waals surface area contributed by atoms with Gasteiger partial charge in [-0.15, -0.1) is 11.3 Å². The van der Waals surface area contributed by atoms with Crippen molar-refractivity contribution in [2.45, 2.75) is 29.6 Å². The molecule has 2 aromatic heterocycles. The molecule has 0 aliphatic heterocycles. The smallest absolute Gasteiger partial charge is 0.324 e. The van der Waals surface area contributed by atoms with Crippen LogP contribution in [0.15, 0.2) is 69.9 Å². The Labute approximate surface area is 183 Å². The first-order valence-electron chi connectivity index (χ1n) is 9.43. The van der Waals surface area contributed by atoms with Crippen molar-refractivity contribution in [3.8, 4) is 0 Å². The Kier molecular flexibility index (Phi) is 6.03. The zero-order valence-electron chi connectivity index (χ0n) is 16.6. The number of aryl methyl sites for hydroxylation is 2. The number of aliphatic hydroxyl groups is 1. The van der Waals surface area contributed by atoms with Crippen LogP contribution in [0.5, 0.6) is 0 Å². The van der Waals surface area contributed by atoms with Crippen molar-refractivity contribution >= 4 is 50.7 Å². The highest BCUT2D eigenvalue weighted by Gasteiger charge is 2.10. The molecule has 7 heteroatoms. The number of carbonyl (C=O) groups is 1. The van der Waals surface area contributed by atoms with E-state index in [1.165, 1.54) is 22.5 Å². The Bertz CT molecular complexity index is 1220. The van der Waals surface area contributed by atoms with Crippen molar-refractivity contribution in [1.82, 2.24) is 4.98 Å². The second kappa shape index (κ2) is 8.87. The van der Waals surface area contributed by atoms with Crippen LogP contribution in [0.4, 0.5) is 15.5 Å². The lowest BCUT2D eigenvalue weighted by atomic mass is 10.1. The first kappa shape index (κ1) is 20.4.